The van der Waals surface area contributed by atoms with Crippen LogP contribution in [0.25, 0.3) is 0 Å². The van der Waals surface area contributed by atoms with Gasteiger partial charge in [-0.1, -0.05) is 23.7 Å². The van der Waals surface area contributed by atoms with E-state index in [9.17, 15) is 9.59 Å². The fourth-order valence-corrected chi connectivity index (χ4v) is 3.54. The van der Waals surface area contributed by atoms with Gasteiger partial charge < -0.3 is 19.7 Å². The van der Waals surface area contributed by atoms with Gasteiger partial charge in [0.2, 0.25) is 5.91 Å². The van der Waals surface area contributed by atoms with Gasteiger partial charge >= 0.3 is 0 Å². The van der Waals surface area contributed by atoms with Crippen molar-refractivity contribution < 1.29 is 19.1 Å². The number of nitrogens with one attached hydrogen (secondary N) is 1. The lowest BCUT2D eigenvalue weighted by molar-refractivity contribution is -0.116. The van der Waals surface area contributed by atoms with Crippen LogP contribution in [0.3, 0.4) is 0 Å². The van der Waals surface area contributed by atoms with Gasteiger partial charge in [-0.2, -0.15) is 0 Å². The molecule has 1 fully saturated rings. The minimum Gasteiger partial charge on any atom is -0.490 e. The summed E-state index contributed by atoms with van der Waals surface area (Å²) in [5.41, 5.74) is 0.920. The van der Waals surface area contributed by atoms with Crippen molar-refractivity contribution in [2.45, 2.75) is 32.6 Å². The first-order chi connectivity index (χ1) is 14.6. The van der Waals surface area contributed by atoms with Gasteiger partial charge in [-0.05, 0) is 56.5 Å². The number of rotatable bonds is 9. The molecule has 1 N–H and O–H groups in total. The van der Waals surface area contributed by atoms with Crippen molar-refractivity contribution in [1.29, 1.82) is 0 Å². The Kier molecular flexibility index (Phi) is 7.97. The Morgan fingerprint density at radius 1 is 1.07 bits per heavy atom. The minimum atomic E-state index is -0.172. The van der Waals surface area contributed by atoms with Crippen molar-refractivity contribution in [2.75, 3.05) is 31.6 Å². The Morgan fingerprint density at radius 2 is 1.77 bits per heavy atom. The van der Waals surface area contributed by atoms with Crippen molar-refractivity contribution in [2.24, 2.45) is 0 Å². The van der Waals surface area contributed by atoms with E-state index >= 15 is 0 Å². The Labute approximate surface area is 182 Å². The molecule has 0 spiro atoms. The maximum atomic E-state index is 12.8. The topological polar surface area (TPSA) is 67.9 Å². The summed E-state index contributed by atoms with van der Waals surface area (Å²) in [4.78, 5) is 27.0. The quantitative estimate of drug-likeness (QED) is 0.582. The molecule has 0 saturated carbocycles. The zero-order chi connectivity index (χ0) is 21.3. The second-order valence-corrected chi connectivity index (χ2v) is 7.51. The number of para-hydroxylation sites is 2. The highest BCUT2D eigenvalue weighted by Gasteiger charge is 2.22. The van der Waals surface area contributed by atoms with Crippen LogP contribution < -0.4 is 14.8 Å². The number of amides is 2. The van der Waals surface area contributed by atoms with E-state index < -0.39 is 0 Å². The van der Waals surface area contributed by atoms with Crippen LogP contribution in [0.4, 0.5) is 5.69 Å². The van der Waals surface area contributed by atoms with E-state index in [1.54, 1.807) is 23.1 Å². The molecule has 0 bridgehead atoms. The van der Waals surface area contributed by atoms with Crippen LogP contribution in [0.2, 0.25) is 5.02 Å². The first kappa shape index (κ1) is 22.0. The van der Waals surface area contributed by atoms with Crippen LogP contribution in [-0.2, 0) is 4.79 Å². The molecule has 2 aromatic carbocycles. The van der Waals surface area contributed by atoms with Crippen molar-refractivity contribution in [3.8, 4) is 11.5 Å². The van der Waals surface area contributed by atoms with Crippen molar-refractivity contribution in [3.63, 3.8) is 0 Å². The second-order valence-electron chi connectivity index (χ2n) is 7.07. The summed E-state index contributed by atoms with van der Waals surface area (Å²) in [6.45, 7) is 4.33. The number of carbonyl (C=O) groups excluding carboxylic acids is 2. The molecule has 0 unspecified atom stereocenters. The van der Waals surface area contributed by atoms with Gasteiger partial charge in [0.1, 0.15) is 0 Å². The maximum Gasteiger partial charge on any atom is 0.256 e. The number of ether oxygens (including phenoxy) is 2. The molecule has 1 saturated heterocycles. The van der Waals surface area contributed by atoms with Gasteiger partial charge in [0, 0.05) is 24.5 Å². The summed E-state index contributed by atoms with van der Waals surface area (Å²) in [5, 5.41) is 3.32. The summed E-state index contributed by atoms with van der Waals surface area (Å²) in [5.74, 6) is 1.09. The predicted molar refractivity (Wildman–Crippen MR) is 118 cm³/mol. The van der Waals surface area contributed by atoms with Crippen molar-refractivity contribution in [1.82, 2.24) is 4.90 Å². The normalized spacial score (nSPS) is 13.2. The number of anilines is 1. The number of carbonyl (C=O) groups is 2. The smallest absolute Gasteiger partial charge is 0.256 e. The maximum absolute atomic E-state index is 12.8. The fourth-order valence-electron chi connectivity index (χ4n) is 3.36. The summed E-state index contributed by atoms with van der Waals surface area (Å²) in [6, 6.07) is 12.4. The standard InChI is InChI=1S/C23H27ClN2O4/c1-2-29-20-8-3-4-9-21(20)30-15-7-10-22(27)25-19-12-11-17(24)16-18(19)23(28)26-13-5-6-14-26/h3-4,8-9,11-12,16H,2,5-7,10,13-15H2,1H3,(H,25,27). The van der Waals surface area contributed by atoms with E-state index in [2.05, 4.69) is 5.32 Å². The molecule has 6 nitrogen and oxygen atoms in total. The number of halogens is 1. The number of hydrogen-bond acceptors (Lipinski definition) is 4. The van der Waals surface area contributed by atoms with E-state index in [0.29, 0.717) is 47.4 Å². The Hall–Kier alpha value is -2.73. The lowest BCUT2D eigenvalue weighted by atomic mass is 10.1. The zero-order valence-corrected chi connectivity index (χ0v) is 17.9. The minimum absolute atomic E-state index is 0.0961. The number of likely N-dealkylation sites (tertiary alicyclic amines) is 1. The third-order valence-electron chi connectivity index (χ3n) is 4.83. The van der Waals surface area contributed by atoms with E-state index in [1.165, 1.54) is 0 Å². The summed E-state index contributed by atoms with van der Waals surface area (Å²) >= 11 is 6.09. The van der Waals surface area contributed by atoms with Crippen molar-refractivity contribution >= 4 is 29.1 Å². The van der Waals surface area contributed by atoms with Crippen LogP contribution in [0.5, 0.6) is 11.5 Å². The van der Waals surface area contributed by atoms with Gasteiger partial charge in [0.25, 0.3) is 5.91 Å². The Bertz CT molecular complexity index is 881. The van der Waals surface area contributed by atoms with Crippen LogP contribution >= 0.6 is 11.6 Å². The Morgan fingerprint density at radius 3 is 2.47 bits per heavy atom. The molecule has 3 rings (SSSR count). The second kappa shape index (κ2) is 10.9. The molecular formula is C23H27ClN2O4. The molecule has 2 aromatic rings. The predicted octanol–water partition coefficient (Wildman–Crippen LogP) is 4.77. The molecule has 30 heavy (non-hydrogen) atoms. The molecule has 1 aliphatic heterocycles. The lowest BCUT2D eigenvalue weighted by Crippen LogP contribution is -2.28. The molecular weight excluding hydrogens is 404 g/mol. The molecule has 7 heteroatoms. The molecule has 0 aromatic heterocycles. The highest BCUT2D eigenvalue weighted by molar-refractivity contribution is 6.31. The zero-order valence-electron chi connectivity index (χ0n) is 17.2. The fraction of sp³-hybridized carbons (Fsp3) is 0.391. The highest BCUT2D eigenvalue weighted by Crippen LogP contribution is 2.27. The van der Waals surface area contributed by atoms with Gasteiger partial charge in [-0.25, -0.2) is 0 Å². The molecule has 1 aliphatic rings. The summed E-state index contributed by atoms with van der Waals surface area (Å²) in [7, 11) is 0. The van der Waals surface area contributed by atoms with E-state index in [-0.39, 0.29) is 18.2 Å². The largest absolute Gasteiger partial charge is 0.490 e. The van der Waals surface area contributed by atoms with E-state index in [4.69, 9.17) is 21.1 Å². The SMILES string of the molecule is CCOc1ccccc1OCCCC(=O)Nc1ccc(Cl)cc1C(=O)N1CCCC1. The third-order valence-corrected chi connectivity index (χ3v) is 5.07. The summed E-state index contributed by atoms with van der Waals surface area (Å²) < 4.78 is 11.3. The van der Waals surface area contributed by atoms with Crippen molar-refractivity contribution in [3.05, 3.63) is 53.1 Å². The van der Waals surface area contributed by atoms with Gasteiger partial charge in [-0.3, -0.25) is 9.59 Å². The van der Waals surface area contributed by atoms with Crippen LogP contribution in [0.1, 0.15) is 43.0 Å². The average Bonchev–Trinajstić information content (AvgIpc) is 3.28. The van der Waals surface area contributed by atoms with E-state index in [1.807, 2.05) is 31.2 Å². The van der Waals surface area contributed by atoms with Gasteiger partial charge in [-0.15, -0.1) is 0 Å². The average molecular weight is 431 g/mol. The monoisotopic (exact) mass is 430 g/mol. The number of nitrogens with zero attached hydrogens (tertiary/aromatic N) is 1. The highest BCUT2D eigenvalue weighted by atomic mass is 35.5. The van der Waals surface area contributed by atoms with Crippen LogP contribution in [-0.4, -0.2) is 43.0 Å². The first-order valence-electron chi connectivity index (χ1n) is 10.3. The molecule has 0 aliphatic carbocycles. The molecule has 1 heterocycles. The third kappa shape index (κ3) is 5.89. The summed E-state index contributed by atoms with van der Waals surface area (Å²) in [6.07, 6.45) is 2.81. The van der Waals surface area contributed by atoms with Crippen LogP contribution in [0.15, 0.2) is 42.5 Å². The van der Waals surface area contributed by atoms with Gasteiger partial charge in [0.05, 0.1) is 24.5 Å². The lowest BCUT2D eigenvalue weighted by Gasteiger charge is -2.18. The Balaban J connectivity index is 1.53. The van der Waals surface area contributed by atoms with Gasteiger partial charge in [0.15, 0.2) is 11.5 Å². The van der Waals surface area contributed by atoms with Crippen LogP contribution in [0, 0.1) is 0 Å². The number of benzene rings is 2. The first-order valence-corrected chi connectivity index (χ1v) is 10.7. The molecule has 160 valence electrons. The van der Waals surface area contributed by atoms with E-state index in [0.717, 1.165) is 25.9 Å². The number of hydrogen-bond donors (Lipinski definition) is 1. The molecule has 0 atom stereocenters. The molecule has 2 amide bonds. The molecule has 0 radical (unpaired) electrons.